The molecule has 1 aromatic rings. The number of hydrogen-bond donors (Lipinski definition) is 1. The summed E-state index contributed by atoms with van der Waals surface area (Å²) < 4.78 is 13.6. The Hall–Kier alpha value is -1.60. The largest absolute Gasteiger partial charge is 0.352 e. The van der Waals surface area contributed by atoms with Crippen LogP contribution in [0.5, 0.6) is 0 Å². The molecular formula is C18H24FN3O2S. The molecule has 1 aliphatic carbocycles. The van der Waals surface area contributed by atoms with Gasteiger partial charge in [0.2, 0.25) is 11.8 Å². The highest BCUT2D eigenvalue weighted by atomic mass is 32.2. The maximum atomic E-state index is 13.6. The molecule has 0 radical (unpaired) electrons. The van der Waals surface area contributed by atoms with Gasteiger partial charge >= 0.3 is 0 Å². The number of thioether (sulfide) groups is 1. The summed E-state index contributed by atoms with van der Waals surface area (Å²) in [6, 6.07) is 6.70. The predicted molar refractivity (Wildman–Crippen MR) is 95.9 cm³/mol. The van der Waals surface area contributed by atoms with E-state index in [1.807, 2.05) is 6.92 Å². The van der Waals surface area contributed by atoms with Crippen molar-refractivity contribution in [2.24, 2.45) is 0 Å². The summed E-state index contributed by atoms with van der Waals surface area (Å²) in [6.45, 7) is 4.52. The summed E-state index contributed by atoms with van der Waals surface area (Å²) in [6.07, 6.45) is 2.17. The number of rotatable bonds is 6. The molecule has 2 amide bonds. The molecule has 0 spiro atoms. The Morgan fingerprint density at radius 2 is 1.92 bits per heavy atom. The molecule has 136 valence electrons. The number of hydrogen-bond acceptors (Lipinski definition) is 4. The number of benzene rings is 1. The molecular weight excluding hydrogens is 341 g/mol. The Labute approximate surface area is 151 Å². The standard InChI is InChI=1S/C18H24FN3O2S/c1-13(18(24)20-14-6-7-14)21-8-10-22(11-9-21)17(23)12-25-16-5-3-2-4-15(16)19/h2-5,13-14H,6-12H2,1H3,(H,20,24)/t13-/m0/s1. The summed E-state index contributed by atoms with van der Waals surface area (Å²) >= 11 is 1.23. The first-order chi connectivity index (χ1) is 12.0. The third kappa shape index (κ3) is 4.95. The predicted octanol–water partition coefficient (Wildman–Crippen LogP) is 1.73. The first-order valence-electron chi connectivity index (χ1n) is 8.74. The lowest BCUT2D eigenvalue weighted by atomic mass is 10.2. The van der Waals surface area contributed by atoms with E-state index >= 15 is 0 Å². The zero-order valence-electron chi connectivity index (χ0n) is 14.4. The van der Waals surface area contributed by atoms with Crippen molar-refractivity contribution in [3.63, 3.8) is 0 Å². The molecule has 1 saturated carbocycles. The number of nitrogens with one attached hydrogen (secondary N) is 1. The van der Waals surface area contributed by atoms with E-state index < -0.39 is 0 Å². The molecule has 1 atom stereocenters. The van der Waals surface area contributed by atoms with Crippen LogP contribution in [0.3, 0.4) is 0 Å². The van der Waals surface area contributed by atoms with Gasteiger partial charge in [-0.25, -0.2) is 4.39 Å². The molecule has 2 aliphatic rings. The van der Waals surface area contributed by atoms with Gasteiger partial charge in [0.1, 0.15) is 5.82 Å². The van der Waals surface area contributed by atoms with E-state index in [4.69, 9.17) is 0 Å². The van der Waals surface area contributed by atoms with E-state index in [0.29, 0.717) is 37.1 Å². The zero-order chi connectivity index (χ0) is 17.8. The van der Waals surface area contributed by atoms with Crippen LogP contribution in [0.2, 0.25) is 0 Å². The smallest absolute Gasteiger partial charge is 0.237 e. The fraction of sp³-hybridized carbons (Fsp3) is 0.556. The van der Waals surface area contributed by atoms with E-state index in [1.54, 1.807) is 23.1 Å². The molecule has 1 N–H and O–H groups in total. The van der Waals surface area contributed by atoms with Crippen LogP contribution in [0, 0.1) is 5.82 Å². The average Bonchev–Trinajstić information content (AvgIpc) is 3.44. The summed E-state index contributed by atoms with van der Waals surface area (Å²) in [5.74, 6) is 0.0412. The summed E-state index contributed by atoms with van der Waals surface area (Å²) in [5, 5.41) is 3.03. The van der Waals surface area contributed by atoms with Gasteiger partial charge in [0, 0.05) is 37.1 Å². The van der Waals surface area contributed by atoms with Crippen LogP contribution >= 0.6 is 11.8 Å². The lowest BCUT2D eigenvalue weighted by Crippen LogP contribution is -2.55. The summed E-state index contributed by atoms with van der Waals surface area (Å²) in [4.78, 5) is 28.9. The van der Waals surface area contributed by atoms with Crippen molar-refractivity contribution in [3.8, 4) is 0 Å². The summed E-state index contributed by atoms with van der Waals surface area (Å²) in [7, 11) is 0. The van der Waals surface area contributed by atoms with Crippen LogP contribution in [0.4, 0.5) is 4.39 Å². The van der Waals surface area contributed by atoms with Crippen LogP contribution in [-0.2, 0) is 9.59 Å². The van der Waals surface area contributed by atoms with Crippen LogP contribution in [0.1, 0.15) is 19.8 Å². The minimum Gasteiger partial charge on any atom is -0.352 e. The lowest BCUT2D eigenvalue weighted by molar-refractivity contribution is -0.131. The van der Waals surface area contributed by atoms with Gasteiger partial charge in [0.25, 0.3) is 0 Å². The van der Waals surface area contributed by atoms with Crippen molar-refractivity contribution < 1.29 is 14.0 Å². The van der Waals surface area contributed by atoms with Crippen molar-refractivity contribution in [1.82, 2.24) is 15.1 Å². The SMILES string of the molecule is C[C@@H](C(=O)NC1CC1)N1CCN(C(=O)CSc2ccccc2F)CC1. The lowest BCUT2D eigenvalue weighted by Gasteiger charge is -2.37. The molecule has 0 unspecified atom stereocenters. The van der Waals surface area contributed by atoms with E-state index in [-0.39, 0.29) is 29.4 Å². The normalized spacial score (nSPS) is 19.5. The first-order valence-corrected chi connectivity index (χ1v) is 9.72. The van der Waals surface area contributed by atoms with E-state index in [1.165, 1.54) is 17.8 Å². The van der Waals surface area contributed by atoms with E-state index in [9.17, 15) is 14.0 Å². The number of carbonyl (C=O) groups excluding carboxylic acids is 2. The molecule has 0 bridgehead atoms. The monoisotopic (exact) mass is 365 g/mol. The number of carbonyl (C=O) groups is 2. The molecule has 1 aromatic carbocycles. The highest BCUT2D eigenvalue weighted by molar-refractivity contribution is 8.00. The van der Waals surface area contributed by atoms with Gasteiger partial charge in [-0.05, 0) is 31.9 Å². The van der Waals surface area contributed by atoms with Crippen molar-refractivity contribution >= 4 is 23.6 Å². The Morgan fingerprint density at radius 3 is 2.56 bits per heavy atom. The Balaban J connectivity index is 1.42. The third-order valence-electron chi connectivity index (χ3n) is 4.71. The molecule has 5 nitrogen and oxygen atoms in total. The fourth-order valence-electron chi connectivity index (χ4n) is 2.87. The third-order valence-corrected chi connectivity index (χ3v) is 5.74. The van der Waals surface area contributed by atoms with Gasteiger partial charge in [0.15, 0.2) is 0 Å². The fourth-order valence-corrected chi connectivity index (χ4v) is 3.71. The maximum Gasteiger partial charge on any atom is 0.237 e. The number of nitrogens with zero attached hydrogens (tertiary/aromatic N) is 2. The second kappa shape index (κ2) is 8.19. The molecule has 3 rings (SSSR count). The van der Waals surface area contributed by atoms with Gasteiger partial charge < -0.3 is 10.2 Å². The molecule has 2 fully saturated rings. The molecule has 7 heteroatoms. The number of halogens is 1. The van der Waals surface area contributed by atoms with E-state index in [2.05, 4.69) is 10.2 Å². The maximum absolute atomic E-state index is 13.6. The highest BCUT2D eigenvalue weighted by Gasteiger charge is 2.30. The van der Waals surface area contributed by atoms with Gasteiger partial charge in [0.05, 0.1) is 11.8 Å². The quantitative estimate of drug-likeness (QED) is 0.780. The first kappa shape index (κ1) is 18.2. The molecule has 25 heavy (non-hydrogen) atoms. The van der Waals surface area contributed by atoms with Crippen LogP contribution < -0.4 is 5.32 Å². The van der Waals surface area contributed by atoms with Gasteiger partial charge in [-0.15, -0.1) is 11.8 Å². The zero-order valence-corrected chi connectivity index (χ0v) is 15.2. The molecule has 1 heterocycles. The topological polar surface area (TPSA) is 52.7 Å². The summed E-state index contributed by atoms with van der Waals surface area (Å²) in [5.41, 5.74) is 0. The van der Waals surface area contributed by atoms with Crippen LogP contribution in [0.15, 0.2) is 29.2 Å². The highest BCUT2D eigenvalue weighted by Crippen LogP contribution is 2.22. The second-order valence-electron chi connectivity index (χ2n) is 6.59. The Morgan fingerprint density at radius 1 is 1.24 bits per heavy atom. The van der Waals surface area contributed by atoms with E-state index in [0.717, 1.165) is 12.8 Å². The van der Waals surface area contributed by atoms with Gasteiger partial charge in [-0.3, -0.25) is 14.5 Å². The second-order valence-corrected chi connectivity index (χ2v) is 7.61. The van der Waals surface area contributed by atoms with Crippen molar-refractivity contribution in [2.75, 3.05) is 31.9 Å². The minimum atomic E-state index is -0.291. The number of piperazine rings is 1. The minimum absolute atomic E-state index is 0.0167. The Kier molecular flexibility index (Phi) is 5.96. The molecule has 1 saturated heterocycles. The molecule has 0 aromatic heterocycles. The Bertz CT molecular complexity index is 631. The van der Waals surface area contributed by atoms with Crippen molar-refractivity contribution in [1.29, 1.82) is 0 Å². The van der Waals surface area contributed by atoms with Crippen molar-refractivity contribution in [2.45, 2.75) is 36.7 Å². The average molecular weight is 365 g/mol. The molecule has 1 aliphatic heterocycles. The van der Waals surface area contributed by atoms with Crippen LogP contribution in [0.25, 0.3) is 0 Å². The van der Waals surface area contributed by atoms with Gasteiger partial charge in [-0.1, -0.05) is 12.1 Å². The van der Waals surface area contributed by atoms with Gasteiger partial charge in [-0.2, -0.15) is 0 Å². The van der Waals surface area contributed by atoms with Crippen molar-refractivity contribution in [3.05, 3.63) is 30.1 Å². The number of amides is 2. The van der Waals surface area contributed by atoms with Crippen LogP contribution in [-0.4, -0.2) is 65.6 Å².